The van der Waals surface area contributed by atoms with Gasteiger partial charge in [-0.25, -0.2) is 13.1 Å². The van der Waals surface area contributed by atoms with Crippen molar-refractivity contribution in [2.75, 3.05) is 13.1 Å². The molecule has 7 nitrogen and oxygen atoms in total. The van der Waals surface area contributed by atoms with Crippen LogP contribution in [0, 0.1) is 5.92 Å². The second kappa shape index (κ2) is 14.3. The Labute approximate surface area is 236 Å². The molecule has 39 heavy (non-hydrogen) atoms. The van der Waals surface area contributed by atoms with Crippen molar-refractivity contribution < 1.29 is 18.0 Å². The van der Waals surface area contributed by atoms with Crippen LogP contribution in [-0.2, 0) is 32.6 Å². The molecule has 0 radical (unpaired) electrons. The van der Waals surface area contributed by atoms with Gasteiger partial charge in [0.15, 0.2) is 0 Å². The van der Waals surface area contributed by atoms with E-state index in [1.54, 1.807) is 36.1 Å². The number of carbonyl (C=O) groups is 2. The van der Waals surface area contributed by atoms with Crippen molar-refractivity contribution in [3.63, 3.8) is 0 Å². The maximum absolute atomic E-state index is 13.8. The van der Waals surface area contributed by atoms with Crippen molar-refractivity contribution in [2.24, 2.45) is 5.92 Å². The normalized spacial score (nSPS) is 12.2. The fourth-order valence-electron chi connectivity index (χ4n) is 4.12. The van der Waals surface area contributed by atoms with Crippen LogP contribution in [-0.4, -0.2) is 38.2 Å². The van der Waals surface area contributed by atoms with Crippen LogP contribution in [0.2, 0.25) is 5.02 Å². The quantitative estimate of drug-likeness (QED) is 0.299. The lowest BCUT2D eigenvalue weighted by Gasteiger charge is -2.32. The monoisotopic (exact) mass is 569 g/mol. The molecule has 0 saturated heterocycles. The molecule has 3 rings (SSSR count). The lowest BCUT2D eigenvalue weighted by molar-refractivity contribution is -0.141. The summed E-state index contributed by atoms with van der Waals surface area (Å²) in [6, 6.07) is 22.2. The highest BCUT2D eigenvalue weighted by Gasteiger charge is 2.31. The van der Waals surface area contributed by atoms with E-state index in [1.807, 2.05) is 56.3 Å². The van der Waals surface area contributed by atoms with Crippen LogP contribution >= 0.6 is 11.6 Å². The van der Waals surface area contributed by atoms with E-state index in [0.29, 0.717) is 24.5 Å². The Kier molecular flexibility index (Phi) is 11.1. The molecule has 3 aromatic rings. The van der Waals surface area contributed by atoms with E-state index in [9.17, 15) is 18.0 Å². The highest BCUT2D eigenvalue weighted by atomic mass is 35.5. The molecular formula is C30H36ClN3O4S. The first-order valence-electron chi connectivity index (χ1n) is 13.1. The summed E-state index contributed by atoms with van der Waals surface area (Å²) in [6.07, 6.45) is 0.542. The summed E-state index contributed by atoms with van der Waals surface area (Å²) in [5.41, 5.74) is 2.40. The predicted molar refractivity (Wildman–Crippen MR) is 155 cm³/mol. The van der Waals surface area contributed by atoms with Gasteiger partial charge < -0.3 is 10.2 Å². The molecule has 0 saturated carbocycles. The number of nitrogens with zero attached hydrogens (tertiary/aromatic N) is 1. The zero-order valence-corrected chi connectivity index (χ0v) is 24.1. The molecule has 0 spiro atoms. The third-order valence-corrected chi connectivity index (χ3v) is 7.96. The summed E-state index contributed by atoms with van der Waals surface area (Å²) in [6.45, 7) is 6.78. The number of rotatable bonds is 13. The molecule has 0 heterocycles. The molecule has 0 aliphatic heterocycles. The second-order valence-corrected chi connectivity index (χ2v) is 11.9. The van der Waals surface area contributed by atoms with Gasteiger partial charge in [0.2, 0.25) is 21.8 Å². The number of halogens is 1. The summed E-state index contributed by atoms with van der Waals surface area (Å²) in [7, 11) is -3.55. The maximum Gasteiger partial charge on any atom is 0.247 e. The topological polar surface area (TPSA) is 95.6 Å². The van der Waals surface area contributed by atoms with Gasteiger partial charge in [0.1, 0.15) is 6.04 Å². The Hall–Kier alpha value is -3.20. The fourth-order valence-corrected chi connectivity index (χ4v) is 5.29. The molecule has 0 fully saturated rings. The highest BCUT2D eigenvalue weighted by molar-refractivity contribution is 7.89. The van der Waals surface area contributed by atoms with Crippen LogP contribution in [0.25, 0.3) is 0 Å². The molecular weight excluding hydrogens is 534 g/mol. The number of hydrogen-bond donors (Lipinski definition) is 2. The summed E-state index contributed by atoms with van der Waals surface area (Å²) in [5, 5.41) is 3.59. The van der Waals surface area contributed by atoms with Gasteiger partial charge in [-0.1, -0.05) is 87.0 Å². The minimum atomic E-state index is -3.55. The van der Waals surface area contributed by atoms with Crippen LogP contribution in [0.1, 0.15) is 49.9 Å². The van der Waals surface area contributed by atoms with Gasteiger partial charge in [-0.2, -0.15) is 0 Å². The lowest BCUT2D eigenvalue weighted by atomic mass is 10.0. The molecule has 2 N–H and O–H groups in total. The van der Waals surface area contributed by atoms with Crippen molar-refractivity contribution in [3.05, 3.63) is 101 Å². The van der Waals surface area contributed by atoms with Crippen molar-refractivity contribution in [1.29, 1.82) is 0 Å². The molecule has 0 aromatic heterocycles. The Bertz CT molecular complexity index is 1330. The van der Waals surface area contributed by atoms with Crippen molar-refractivity contribution >= 4 is 33.4 Å². The van der Waals surface area contributed by atoms with Crippen molar-refractivity contribution in [1.82, 2.24) is 14.9 Å². The average molecular weight is 570 g/mol. The number of sulfonamides is 1. The van der Waals surface area contributed by atoms with Gasteiger partial charge in [-0.15, -0.1) is 0 Å². The third kappa shape index (κ3) is 8.92. The summed E-state index contributed by atoms with van der Waals surface area (Å²) in [5.74, 6) is -0.178. The van der Waals surface area contributed by atoms with E-state index >= 15 is 0 Å². The number of amides is 2. The van der Waals surface area contributed by atoms with Gasteiger partial charge in [-0.05, 0) is 53.3 Å². The first kappa shape index (κ1) is 30.3. The number of carbonyl (C=O) groups excluding carboxylic acids is 2. The average Bonchev–Trinajstić information content (AvgIpc) is 2.92. The van der Waals surface area contributed by atoms with Crippen LogP contribution in [0.15, 0.2) is 83.8 Å². The van der Waals surface area contributed by atoms with E-state index in [1.165, 1.54) is 12.1 Å². The van der Waals surface area contributed by atoms with E-state index < -0.39 is 16.1 Å². The number of nitrogens with one attached hydrogen (secondary N) is 2. The van der Waals surface area contributed by atoms with Gasteiger partial charge in [-0.3, -0.25) is 9.59 Å². The maximum atomic E-state index is 13.8. The van der Waals surface area contributed by atoms with Gasteiger partial charge >= 0.3 is 0 Å². The molecule has 9 heteroatoms. The number of benzene rings is 3. The third-order valence-electron chi connectivity index (χ3n) is 6.14. The number of hydrogen-bond acceptors (Lipinski definition) is 4. The van der Waals surface area contributed by atoms with E-state index in [-0.39, 0.29) is 35.6 Å². The Morgan fingerprint density at radius 3 is 2.10 bits per heavy atom. The van der Waals surface area contributed by atoms with Gasteiger partial charge in [0.05, 0.1) is 4.90 Å². The molecule has 3 aromatic carbocycles. The second-order valence-electron chi connectivity index (χ2n) is 9.75. The molecule has 2 amide bonds. The van der Waals surface area contributed by atoms with Gasteiger partial charge in [0, 0.05) is 31.1 Å². The molecule has 0 aliphatic rings. The van der Waals surface area contributed by atoms with Crippen LogP contribution < -0.4 is 10.0 Å². The summed E-state index contributed by atoms with van der Waals surface area (Å²) < 4.78 is 27.0. The summed E-state index contributed by atoms with van der Waals surface area (Å²) >= 11 is 6.08. The number of aryl methyl sites for hydroxylation is 1. The minimum absolute atomic E-state index is 0.147. The van der Waals surface area contributed by atoms with E-state index in [0.717, 1.165) is 16.7 Å². The van der Waals surface area contributed by atoms with E-state index in [4.69, 9.17) is 11.6 Å². The zero-order valence-electron chi connectivity index (χ0n) is 22.6. The summed E-state index contributed by atoms with van der Waals surface area (Å²) in [4.78, 5) is 29.1. The largest absolute Gasteiger partial charge is 0.354 e. The zero-order chi connectivity index (χ0) is 28.4. The fraction of sp³-hybridized carbons (Fsp3) is 0.333. The highest BCUT2D eigenvalue weighted by Crippen LogP contribution is 2.26. The van der Waals surface area contributed by atoms with Crippen LogP contribution in [0.3, 0.4) is 0 Å². The molecule has 0 bridgehead atoms. The minimum Gasteiger partial charge on any atom is -0.354 e. The standard InChI is InChI=1S/C30H36ClN3O4S/c1-4-33-39(37,38)27-17-12-23(13-18-27)14-19-28(35)34(21-24-10-15-26(31)16-11-24)29(25-8-6-5-7-9-25)30(36)32-20-22(2)3/h5-13,15-18,22,29,33H,4,14,19-21H2,1-3H3,(H,32,36)/t29-/m0/s1. The predicted octanol–water partition coefficient (Wildman–Crippen LogP) is 5.11. The Balaban J connectivity index is 1.88. The first-order chi connectivity index (χ1) is 18.6. The SMILES string of the molecule is CCNS(=O)(=O)c1ccc(CCC(=O)N(Cc2ccc(Cl)cc2)[C@H](C(=O)NCC(C)C)c2ccccc2)cc1. The lowest BCUT2D eigenvalue weighted by Crippen LogP contribution is -2.44. The molecule has 1 atom stereocenters. The van der Waals surface area contributed by atoms with Crippen molar-refractivity contribution in [2.45, 2.75) is 51.1 Å². The first-order valence-corrected chi connectivity index (χ1v) is 14.9. The smallest absolute Gasteiger partial charge is 0.247 e. The van der Waals surface area contributed by atoms with Crippen LogP contribution in [0.5, 0.6) is 0 Å². The van der Waals surface area contributed by atoms with E-state index in [2.05, 4.69) is 10.0 Å². The Morgan fingerprint density at radius 2 is 1.51 bits per heavy atom. The molecule has 208 valence electrons. The van der Waals surface area contributed by atoms with Crippen LogP contribution in [0.4, 0.5) is 0 Å². The van der Waals surface area contributed by atoms with Gasteiger partial charge in [0.25, 0.3) is 0 Å². The Morgan fingerprint density at radius 1 is 0.897 bits per heavy atom. The van der Waals surface area contributed by atoms with Crippen molar-refractivity contribution in [3.8, 4) is 0 Å². The molecule has 0 aliphatic carbocycles. The molecule has 0 unspecified atom stereocenters.